The molecule has 104 valence electrons. The van der Waals surface area contributed by atoms with Gasteiger partial charge in [-0.05, 0) is 31.5 Å². The molecule has 0 spiro atoms. The quantitative estimate of drug-likeness (QED) is 0.856. The Kier molecular flexibility index (Phi) is 4.66. The molecule has 1 aliphatic heterocycles. The van der Waals surface area contributed by atoms with Crippen molar-refractivity contribution in [2.24, 2.45) is 0 Å². The lowest BCUT2D eigenvalue weighted by Crippen LogP contribution is -2.32. The molecule has 1 heterocycles. The summed E-state index contributed by atoms with van der Waals surface area (Å²) in [4.78, 5) is 14.4. The van der Waals surface area contributed by atoms with Crippen LogP contribution in [-0.2, 0) is 0 Å². The van der Waals surface area contributed by atoms with Crippen molar-refractivity contribution in [1.29, 1.82) is 0 Å². The van der Waals surface area contributed by atoms with Crippen LogP contribution >= 0.6 is 0 Å². The number of carbonyl (C=O) groups excluding carboxylic acids is 1. The minimum atomic E-state index is 0.131. The highest BCUT2D eigenvalue weighted by Gasteiger charge is 2.16. The average molecular weight is 261 g/mol. The minimum absolute atomic E-state index is 0.131. The van der Waals surface area contributed by atoms with Crippen molar-refractivity contribution in [2.45, 2.75) is 26.7 Å². The van der Waals surface area contributed by atoms with Gasteiger partial charge in [-0.15, -0.1) is 0 Å². The van der Waals surface area contributed by atoms with E-state index in [1.807, 2.05) is 30.0 Å². The molecule has 1 aromatic carbocycles. The number of nitrogens with one attached hydrogen (secondary N) is 2. The maximum absolute atomic E-state index is 12.4. The molecule has 0 unspecified atom stereocenters. The molecule has 0 atom stereocenters. The summed E-state index contributed by atoms with van der Waals surface area (Å²) in [5.74, 6) is 0.131. The molecule has 0 radical (unpaired) electrons. The molecule has 4 nitrogen and oxygen atoms in total. The van der Waals surface area contributed by atoms with Crippen LogP contribution < -0.4 is 10.6 Å². The molecule has 2 N–H and O–H groups in total. The number of benzene rings is 1. The SMILES string of the molecule is CCCCN(CC)C(=O)c1ccc2c(c1)NCCN2. The normalized spacial score (nSPS) is 13.2. The van der Waals surface area contributed by atoms with E-state index in [-0.39, 0.29) is 5.91 Å². The van der Waals surface area contributed by atoms with Gasteiger partial charge in [0.15, 0.2) is 0 Å². The summed E-state index contributed by atoms with van der Waals surface area (Å²) in [6.07, 6.45) is 2.17. The third-order valence-corrected chi connectivity index (χ3v) is 3.47. The summed E-state index contributed by atoms with van der Waals surface area (Å²) < 4.78 is 0. The number of hydrogen-bond acceptors (Lipinski definition) is 3. The number of nitrogens with zero attached hydrogens (tertiary/aromatic N) is 1. The third-order valence-electron chi connectivity index (χ3n) is 3.47. The zero-order valence-electron chi connectivity index (χ0n) is 11.8. The van der Waals surface area contributed by atoms with E-state index < -0.39 is 0 Å². The Hall–Kier alpha value is -1.71. The van der Waals surface area contributed by atoms with Gasteiger partial charge in [-0.2, -0.15) is 0 Å². The van der Waals surface area contributed by atoms with Crippen molar-refractivity contribution >= 4 is 17.3 Å². The number of amides is 1. The van der Waals surface area contributed by atoms with E-state index in [1.165, 1.54) is 0 Å². The van der Waals surface area contributed by atoms with Crippen LogP contribution in [0.2, 0.25) is 0 Å². The van der Waals surface area contributed by atoms with Crippen LogP contribution in [0.15, 0.2) is 18.2 Å². The predicted molar refractivity (Wildman–Crippen MR) is 79.9 cm³/mol. The second-order valence-electron chi connectivity index (χ2n) is 4.85. The van der Waals surface area contributed by atoms with Crippen molar-refractivity contribution in [1.82, 2.24) is 4.90 Å². The fraction of sp³-hybridized carbons (Fsp3) is 0.533. The van der Waals surface area contributed by atoms with Gasteiger partial charge in [0.1, 0.15) is 0 Å². The first kappa shape index (κ1) is 13.7. The van der Waals surface area contributed by atoms with E-state index in [2.05, 4.69) is 17.6 Å². The first-order valence-corrected chi connectivity index (χ1v) is 7.17. The molecule has 0 aliphatic carbocycles. The van der Waals surface area contributed by atoms with Crippen molar-refractivity contribution < 1.29 is 4.79 Å². The van der Waals surface area contributed by atoms with Gasteiger partial charge in [-0.3, -0.25) is 4.79 Å². The molecule has 1 amide bonds. The monoisotopic (exact) mass is 261 g/mol. The molecule has 0 saturated carbocycles. The van der Waals surface area contributed by atoms with Gasteiger partial charge in [0.05, 0.1) is 11.4 Å². The average Bonchev–Trinajstić information content (AvgIpc) is 2.47. The lowest BCUT2D eigenvalue weighted by Gasteiger charge is -2.23. The van der Waals surface area contributed by atoms with Gasteiger partial charge in [0, 0.05) is 31.7 Å². The third kappa shape index (κ3) is 3.19. The Morgan fingerprint density at radius 2 is 1.95 bits per heavy atom. The number of anilines is 2. The summed E-state index contributed by atoms with van der Waals surface area (Å²) in [5, 5.41) is 6.64. The van der Waals surface area contributed by atoms with Gasteiger partial charge < -0.3 is 15.5 Å². The number of rotatable bonds is 5. The molecule has 0 fully saturated rings. The molecule has 1 aromatic rings. The fourth-order valence-electron chi connectivity index (χ4n) is 2.31. The zero-order chi connectivity index (χ0) is 13.7. The summed E-state index contributed by atoms with van der Waals surface area (Å²) >= 11 is 0. The Balaban J connectivity index is 2.13. The molecule has 1 aliphatic rings. The lowest BCUT2D eigenvalue weighted by molar-refractivity contribution is 0.0762. The summed E-state index contributed by atoms with van der Waals surface area (Å²) in [7, 11) is 0. The van der Waals surface area contributed by atoms with Gasteiger partial charge in [-0.25, -0.2) is 0 Å². The smallest absolute Gasteiger partial charge is 0.253 e. The van der Waals surface area contributed by atoms with E-state index >= 15 is 0 Å². The van der Waals surface area contributed by atoms with Crippen LogP contribution in [0.1, 0.15) is 37.0 Å². The standard InChI is InChI=1S/C15H23N3O/c1-3-5-10-18(4-2)15(19)12-6-7-13-14(11-12)17-9-8-16-13/h6-7,11,16-17H,3-5,8-10H2,1-2H3. The summed E-state index contributed by atoms with van der Waals surface area (Å²) in [6, 6.07) is 5.86. The topological polar surface area (TPSA) is 44.4 Å². The molecule has 19 heavy (non-hydrogen) atoms. The molecule has 0 saturated heterocycles. The first-order chi connectivity index (χ1) is 9.26. The van der Waals surface area contributed by atoms with Gasteiger partial charge in [0.25, 0.3) is 5.91 Å². The zero-order valence-corrected chi connectivity index (χ0v) is 11.8. The number of hydrogen-bond donors (Lipinski definition) is 2. The second kappa shape index (κ2) is 6.45. The van der Waals surface area contributed by atoms with Crippen LogP contribution in [-0.4, -0.2) is 37.0 Å². The van der Waals surface area contributed by atoms with Gasteiger partial charge >= 0.3 is 0 Å². The van der Waals surface area contributed by atoms with E-state index in [0.717, 1.165) is 56.0 Å². The van der Waals surface area contributed by atoms with E-state index in [1.54, 1.807) is 0 Å². The molecular weight excluding hydrogens is 238 g/mol. The van der Waals surface area contributed by atoms with Crippen LogP contribution in [0.25, 0.3) is 0 Å². The molecule has 2 rings (SSSR count). The van der Waals surface area contributed by atoms with Gasteiger partial charge in [-0.1, -0.05) is 13.3 Å². The van der Waals surface area contributed by atoms with Crippen LogP contribution in [0.3, 0.4) is 0 Å². The van der Waals surface area contributed by atoms with Crippen LogP contribution in [0.5, 0.6) is 0 Å². The highest BCUT2D eigenvalue weighted by Crippen LogP contribution is 2.25. The largest absolute Gasteiger partial charge is 0.382 e. The summed E-state index contributed by atoms with van der Waals surface area (Å²) in [5.41, 5.74) is 2.89. The predicted octanol–water partition coefficient (Wildman–Crippen LogP) is 2.79. The second-order valence-corrected chi connectivity index (χ2v) is 4.85. The number of fused-ring (bicyclic) bond motifs is 1. The van der Waals surface area contributed by atoms with Gasteiger partial charge in [0.2, 0.25) is 0 Å². The Bertz CT molecular complexity index is 445. The Morgan fingerprint density at radius 3 is 2.63 bits per heavy atom. The molecule has 4 heteroatoms. The van der Waals surface area contributed by atoms with E-state index in [9.17, 15) is 4.79 Å². The Labute approximate surface area is 115 Å². The van der Waals surface area contributed by atoms with Crippen molar-refractivity contribution in [2.75, 3.05) is 36.8 Å². The molecule has 0 aromatic heterocycles. The van der Waals surface area contributed by atoms with Crippen molar-refractivity contribution in [3.8, 4) is 0 Å². The maximum atomic E-state index is 12.4. The van der Waals surface area contributed by atoms with E-state index in [4.69, 9.17) is 0 Å². The number of carbonyl (C=O) groups is 1. The molecular formula is C15H23N3O. The summed E-state index contributed by atoms with van der Waals surface area (Å²) in [6.45, 7) is 7.62. The maximum Gasteiger partial charge on any atom is 0.253 e. The van der Waals surface area contributed by atoms with Crippen LogP contribution in [0, 0.1) is 0 Å². The highest BCUT2D eigenvalue weighted by molar-refractivity contribution is 5.96. The van der Waals surface area contributed by atoms with Crippen LogP contribution in [0.4, 0.5) is 11.4 Å². The molecule has 0 bridgehead atoms. The highest BCUT2D eigenvalue weighted by atomic mass is 16.2. The lowest BCUT2D eigenvalue weighted by atomic mass is 10.1. The first-order valence-electron chi connectivity index (χ1n) is 7.17. The number of unbranched alkanes of at least 4 members (excludes halogenated alkanes) is 1. The van der Waals surface area contributed by atoms with E-state index in [0.29, 0.717) is 0 Å². The van der Waals surface area contributed by atoms with Crippen molar-refractivity contribution in [3.63, 3.8) is 0 Å². The Morgan fingerprint density at radius 1 is 1.21 bits per heavy atom. The van der Waals surface area contributed by atoms with Crippen molar-refractivity contribution in [3.05, 3.63) is 23.8 Å². The fourth-order valence-corrected chi connectivity index (χ4v) is 2.31. The minimum Gasteiger partial charge on any atom is -0.382 e.